The number of rotatable bonds is 1. The molecule has 2 aromatic carbocycles. The van der Waals surface area contributed by atoms with Crippen LogP contribution in [-0.4, -0.2) is 16.7 Å². The maximum Gasteiger partial charge on any atom is 0.194 e. The van der Waals surface area contributed by atoms with Gasteiger partial charge in [-0.1, -0.05) is 30.3 Å². The van der Waals surface area contributed by atoms with Crippen molar-refractivity contribution in [3.8, 4) is 0 Å². The van der Waals surface area contributed by atoms with Gasteiger partial charge in [-0.15, -0.1) is 0 Å². The predicted molar refractivity (Wildman–Crippen MR) is 68.9 cm³/mol. The first-order chi connectivity index (χ1) is 9.09. The van der Waals surface area contributed by atoms with Crippen molar-refractivity contribution in [2.24, 2.45) is 5.73 Å². The van der Waals surface area contributed by atoms with Crippen LogP contribution in [0.5, 0.6) is 0 Å². The van der Waals surface area contributed by atoms with Crippen LogP contribution < -0.4 is 5.73 Å². The molecule has 3 N–H and O–H groups in total. The highest BCUT2D eigenvalue weighted by atomic mass is 16.3. The normalized spacial score (nSPS) is 14.8. The first-order valence-corrected chi connectivity index (χ1v) is 5.85. The summed E-state index contributed by atoms with van der Waals surface area (Å²) in [4.78, 5) is 24.6. The smallest absolute Gasteiger partial charge is 0.194 e. The molecular formula is C15H11NO3. The van der Waals surface area contributed by atoms with E-state index in [0.717, 1.165) is 0 Å². The minimum Gasteiger partial charge on any atom is -0.375 e. The third-order valence-corrected chi connectivity index (χ3v) is 3.29. The molecule has 1 aliphatic rings. The third-order valence-electron chi connectivity index (χ3n) is 3.29. The molecule has 2 aromatic rings. The summed E-state index contributed by atoms with van der Waals surface area (Å²) in [6.07, 6.45) is -1.16. The highest BCUT2D eigenvalue weighted by Crippen LogP contribution is 2.28. The third kappa shape index (κ3) is 1.69. The zero-order valence-electron chi connectivity index (χ0n) is 9.96. The van der Waals surface area contributed by atoms with Crippen LogP contribution >= 0.6 is 0 Å². The van der Waals surface area contributed by atoms with E-state index < -0.39 is 6.23 Å². The molecular weight excluding hydrogens is 242 g/mol. The Morgan fingerprint density at radius 1 is 0.842 bits per heavy atom. The van der Waals surface area contributed by atoms with Gasteiger partial charge < -0.3 is 10.8 Å². The molecule has 0 spiro atoms. The molecule has 4 nitrogen and oxygen atoms in total. The van der Waals surface area contributed by atoms with Gasteiger partial charge in [-0.05, 0) is 17.7 Å². The summed E-state index contributed by atoms with van der Waals surface area (Å²) in [5.41, 5.74) is 7.26. The highest BCUT2D eigenvalue weighted by molar-refractivity contribution is 6.28. The lowest BCUT2D eigenvalue weighted by atomic mass is 9.83. The zero-order valence-corrected chi connectivity index (χ0v) is 9.96. The number of ketones is 2. The second kappa shape index (κ2) is 4.12. The first kappa shape index (κ1) is 11.8. The minimum atomic E-state index is -1.16. The number of nitrogens with two attached hydrogens (primary N) is 1. The van der Waals surface area contributed by atoms with Crippen molar-refractivity contribution in [3.05, 3.63) is 70.3 Å². The van der Waals surface area contributed by atoms with E-state index in [-0.39, 0.29) is 11.6 Å². The molecule has 0 saturated carbocycles. The van der Waals surface area contributed by atoms with E-state index in [1.165, 1.54) is 12.1 Å². The number of benzene rings is 2. The number of aliphatic hydroxyl groups excluding tert-OH is 1. The Labute approximate surface area is 109 Å². The van der Waals surface area contributed by atoms with Crippen LogP contribution in [0.1, 0.15) is 43.6 Å². The molecule has 0 aromatic heterocycles. The van der Waals surface area contributed by atoms with Crippen LogP contribution in [0.2, 0.25) is 0 Å². The number of fused-ring (bicyclic) bond motifs is 2. The molecule has 1 atom stereocenters. The van der Waals surface area contributed by atoms with Crippen LogP contribution in [0.25, 0.3) is 0 Å². The average Bonchev–Trinajstić information content (AvgIpc) is 2.44. The number of carbonyl (C=O) groups excluding carboxylic acids is 2. The molecule has 0 amide bonds. The van der Waals surface area contributed by atoms with E-state index in [2.05, 4.69) is 0 Å². The lowest BCUT2D eigenvalue weighted by Crippen LogP contribution is -2.21. The van der Waals surface area contributed by atoms with Gasteiger partial charge in [-0.25, -0.2) is 0 Å². The van der Waals surface area contributed by atoms with Crippen molar-refractivity contribution in [1.82, 2.24) is 0 Å². The lowest BCUT2D eigenvalue weighted by Gasteiger charge is -2.18. The summed E-state index contributed by atoms with van der Waals surface area (Å²) >= 11 is 0. The fraction of sp³-hybridized carbons (Fsp3) is 0.0667. The van der Waals surface area contributed by atoms with Gasteiger partial charge in [0, 0.05) is 22.3 Å². The van der Waals surface area contributed by atoms with Crippen molar-refractivity contribution in [2.75, 3.05) is 0 Å². The van der Waals surface area contributed by atoms with Gasteiger partial charge in [0.25, 0.3) is 0 Å². The van der Waals surface area contributed by atoms with E-state index in [0.29, 0.717) is 27.8 Å². The van der Waals surface area contributed by atoms with Crippen molar-refractivity contribution in [1.29, 1.82) is 0 Å². The molecule has 0 aliphatic heterocycles. The van der Waals surface area contributed by atoms with E-state index >= 15 is 0 Å². The Kier molecular flexibility index (Phi) is 2.55. The molecule has 1 unspecified atom stereocenters. The molecule has 4 heteroatoms. The molecule has 1 aliphatic carbocycles. The molecule has 0 bridgehead atoms. The molecule has 0 saturated heterocycles. The van der Waals surface area contributed by atoms with Crippen LogP contribution in [-0.2, 0) is 0 Å². The summed E-state index contributed by atoms with van der Waals surface area (Å²) in [5, 5.41) is 9.35. The maximum absolute atomic E-state index is 12.4. The molecule has 0 fully saturated rings. The molecule has 3 rings (SSSR count). The SMILES string of the molecule is NC(O)c1ccc2c(c1)C(=O)c1ccccc1C2=O. The minimum absolute atomic E-state index is 0.178. The van der Waals surface area contributed by atoms with Gasteiger partial charge in [0.2, 0.25) is 0 Å². The van der Waals surface area contributed by atoms with Gasteiger partial charge in [0.1, 0.15) is 6.23 Å². The Bertz CT molecular complexity index is 704. The number of hydrogen-bond donors (Lipinski definition) is 2. The van der Waals surface area contributed by atoms with Gasteiger partial charge >= 0.3 is 0 Å². The van der Waals surface area contributed by atoms with Crippen molar-refractivity contribution < 1.29 is 14.7 Å². The van der Waals surface area contributed by atoms with E-state index in [4.69, 9.17) is 5.73 Å². The predicted octanol–water partition coefficient (Wildman–Crippen LogP) is 1.41. The Balaban J connectivity index is 2.24. The molecule has 94 valence electrons. The largest absolute Gasteiger partial charge is 0.375 e. The number of aliphatic hydroxyl groups is 1. The quantitative estimate of drug-likeness (QED) is 0.642. The lowest BCUT2D eigenvalue weighted by molar-refractivity contribution is 0.0978. The maximum atomic E-state index is 12.4. The Hall–Kier alpha value is -2.30. The van der Waals surface area contributed by atoms with Gasteiger partial charge in [0.05, 0.1) is 0 Å². The second-order valence-corrected chi connectivity index (χ2v) is 4.45. The number of carbonyl (C=O) groups is 2. The summed E-state index contributed by atoms with van der Waals surface area (Å²) in [5.74, 6) is -0.393. The van der Waals surface area contributed by atoms with E-state index in [1.807, 2.05) is 0 Å². The first-order valence-electron chi connectivity index (χ1n) is 5.85. The molecule has 19 heavy (non-hydrogen) atoms. The molecule has 0 radical (unpaired) electrons. The average molecular weight is 253 g/mol. The van der Waals surface area contributed by atoms with Crippen LogP contribution in [0.4, 0.5) is 0 Å². The van der Waals surface area contributed by atoms with Gasteiger partial charge in [0.15, 0.2) is 11.6 Å². The zero-order chi connectivity index (χ0) is 13.6. The van der Waals surface area contributed by atoms with Crippen LogP contribution in [0, 0.1) is 0 Å². The van der Waals surface area contributed by atoms with Crippen molar-refractivity contribution in [3.63, 3.8) is 0 Å². The fourth-order valence-corrected chi connectivity index (χ4v) is 2.30. The van der Waals surface area contributed by atoms with Crippen molar-refractivity contribution >= 4 is 11.6 Å². The van der Waals surface area contributed by atoms with Gasteiger partial charge in [-0.3, -0.25) is 9.59 Å². The summed E-state index contributed by atoms with van der Waals surface area (Å²) in [6.45, 7) is 0. The summed E-state index contributed by atoms with van der Waals surface area (Å²) < 4.78 is 0. The standard InChI is InChI=1S/C15H11NO3/c16-15(19)8-5-6-11-12(7-8)14(18)10-4-2-1-3-9(10)13(11)17/h1-7,15,19H,16H2. The van der Waals surface area contributed by atoms with Crippen LogP contribution in [0.15, 0.2) is 42.5 Å². The highest BCUT2D eigenvalue weighted by Gasteiger charge is 2.29. The van der Waals surface area contributed by atoms with Crippen molar-refractivity contribution in [2.45, 2.75) is 6.23 Å². The fourth-order valence-electron chi connectivity index (χ4n) is 2.30. The second-order valence-electron chi connectivity index (χ2n) is 4.45. The number of hydrogen-bond acceptors (Lipinski definition) is 4. The summed E-state index contributed by atoms with van der Waals surface area (Å²) in [6, 6.07) is 11.3. The van der Waals surface area contributed by atoms with E-state index in [1.54, 1.807) is 30.3 Å². The Morgan fingerprint density at radius 3 is 1.95 bits per heavy atom. The topological polar surface area (TPSA) is 80.4 Å². The molecule has 0 heterocycles. The van der Waals surface area contributed by atoms with E-state index in [9.17, 15) is 14.7 Å². The van der Waals surface area contributed by atoms with Gasteiger partial charge in [-0.2, -0.15) is 0 Å². The monoisotopic (exact) mass is 253 g/mol. The Morgan fingerprint density at radius 2 is 1.37 bits per heavy atom. The summed E-state index contributed by atoms with van der Waals surface area (Å²) in [7, 11) is 0. The van der Waals surface area contributed by atoms with Crippen LogP contribution in [0.3, 0.4) is 0 Å².